The van der Waals surface area contributed by atoms with Gasteiger partial charge in [-0.25, -0.2) is 0 Å². The molecule has 0 aliphatic rings. The van der Waals surface area contributed by atoms with Gasteiger partial charge in [0.25, 0.3) is 0 Å². The van der Waals surface area contributed by atoms with Gasteiger partial charge in [-0.3, -0.25) is 4.68 Å². The Morgan fingerprint density at radius 2 is 1.80 bits per heavy atom. The van der Waals surface area contributed by atoms with Crippen molar-refractivity contribution in [2.75, 3.05) is 0 Å². The number of hydrogen-bond donors (Lipinski definition) is 0. The number of rotatable bonds is 4. The van der Waals surface area contributed by atoms with E-state index in [9.17, 15) is 0 Å². The molecule has 3 aromatic heterocycles. The van der Waals surface area contributed by atoms with Crippen LogP contribution in [0.2, 0.25) is 0 Å². The topological polar surface area (TPSA) is 61.7 Å². The van der Waals surface area contributed by atoms with Crippen LogP contribution < -0.4 is 0 Å². The molecule has 0 saturated carbocycles. The Balaban J connectivity index is 1.55. The highest BCUT2D eigenvalue weighted by atomic mass is 79.9. The third kappa shape index (κ3) is 3.02. The largest absolute Gasteiger partial charge is 0.337 e. The molecule has 0 atom stereocenters. The third-order valence-electron chi connectivity index (χ3n) is 4.07. The van der Waals surface area contributed by atoms with Crippen molar-refractivity contribution in [3.8, 4) is 17.1 Å². The average Bonchev–Trinajstić information content (AvgIpc) is 3.35. The van der Waals surface area contributed by atoms with E-state index in [0.29, 0.717) is 18.3 Å². The van der Waals surface area contributed by atoms with E-state index >= 15 is 0 Å². The summed E-state index contributed by atoms with van der Waals surface area (Å²) >= 11 is 3.53. The van der Waals surface area contributed by atoms with Crippen LogP contribution in [0.15, 0.2) is 57.8 Å². The predicted octanol–water partition coefficient (Wildman–Crippen LogP) is 4.15. The monoisotopic (exact) mass is 397 g/mol. The zero-order chi connectivity index (χ0) is 17.4. The van der Waals surface area contributed by atoms with E-state index in [0.717, 1.165) is 27.1 Å². The van der Waals surface area contributed by atoms with E-state index in [1.807, 2.05) is 71.9 Å². The van der Waals surface area contributed by atoms with E-state index in [1.54, 1.807) is 0 Å². The summed E-state index contributed by atoms with van der Waals surface area (Å²) in [6, 6.07) is 12.0. The Bertz CT molecular complexity index is 999. The fraction of sp³-hybridized carbons (Fsp3) is 0.167. The minimum Gasteiger partial charge on any atom is -0.337 e. The van der Waals surface area contributed by atoms with Gasteiger partial charge in [-0.15, -0.1) is 0 Å². The van der Waals surface area contributed by atoms with Crippen LogP contribution in [0.1, 0.15) is 17.3 Å². The van der Waals surface area contributed by atoms with Crippen LogP contribution in [0.4, 0.5) is 0 Å². The number of nitrogens with zero attached hydrogens (tertiary/aromatic N) is 5. The number of aryl methyl sites for hydroxylation is 1. The smallest absolute Gasteiger partial charge is 0.248 e. The maximum Gasteiger partial charge on any atom is 0.248 e. The summed E-state index contributed by atoms with van der Waals surface area (Å²) in [7, 11) is 0. The van der Waals surface area contributed by atoms with Crippen LogP contribution >= 0.6 is 15.9 Å². The molecule has 0 N–H and O–H groups in total. The molecule has 0 spiro atoms. The lowest BCUT2D eigenvalue weighted by molar-refractivity contribution is 0.364. The first-order valence-corrected chi connectivity index (χ1v) is 8.67. The van der Waals surface area contributed by atoms with Crippen LogP contribution in [-0.2, 0) is 6.54 Å². The van der Waals surface area contributed by atoms with E-state index in [-0.39, 0.29) is 0 Å². The van der Waals surface area contributed by atoms with Crippen LogP contribution in [0, 0.1) is 13.8 Å². The number of benzene rings is 1. The lowest BCUT2D eigenvalue weighted by Crippen LogP contribution is -2.04. The van der Waals surface area contributed by atoms with Crippen LogP contribution in [0.25, 0.3) is 17.1 Å². The highest BCUT2D eigenvalue weighted by molar-refractivity contribution is 9.10. The second-order valence-corrected chi connectivity index (χ2v) is 6.58. The molecule has 0 saturated heterocycles. The zero-order valence-corrected chi connectivity index (χ0v) is 15.4. The maximum absolute atomic E-state index is 5.39. The molecular weight excluding hydrogens is 382 g/mol. The standard InChI is InChI=1S/C18H16BrN5O/c1-12-17(19)13(2)24(21-12)11-16-20-18(22-25-16)14-5-7-15(8-6-14)23-9-3-4-10-23/h3-10H,11H2,1-2H3. The van der Waals surface area contributed by atoms with E-state index < -0.39 is 0 Å². The molecule has 0 aliphatic heterocycles. The van der Waals surface area contributed by atoms with E-state index in [2.05, 4.69) is 31.2 Å². The average molecular weight is 398 g/mol. The van der Waals surface area contributed by atoms with Gasteiger partial charge < -0.3 is 9.09 Å². The molecule has 4 aromatic rings. The zero-order valence-electron chi connectivity index (χ0n) is 13.8. The van der Waals surface area contributed by atoms with Gasteiger partial charge in [-0.1, -0.05) is 5.16 Å². The highest BCUT2D eigenvalue weighted by Gasteiger charge is 2.13. The van der Waals surface area contributed by atoms with Crippen LogP contribution in [0.3, 0.4) is 0 Å². The van der Waals surface area contributed by atoms with Crippen LogP contribution in [-0.4, -0.2) is 24.5 Å². The molecule has 4 rings (SSSR count). The molecule has 7 heteroatoms. The van der Waals surface area contributed by atoms with Crippen molar-refractivity contribution in [2.24, 2.45) is 0 Å². The van der Waals surface area contributed by atoms with E-state index in [4.69, 9.17) is 4.52 Å². The number of halogens is 1. The second-order valence-electron chi connectivity index (χ2n) is 5.79. The van der Waals surface area contributed by atoms with Crippen LogP contribution in [0.5, 0.6) is 0 Å². The Kier molecular flexibility index (Phi) is 4.01. The SMILES string of the molecule is Cc1nn(Cc2nc(-c3ccc(-n4cccc4)cc3)no2)c(C)c1Br. The van der Waals surface area contributed by atoms with Gasteiger partial charge in [0.1, 0.15) is 6.54 Å². The lowest BCUT2D eigenvalue weighted by Gasteiger charge is -2.02. The first-order chi connectivity index (χ1) is 12.1. The summed E-state index contributed by atoms with van der Waals surface area (Å²) in [6.07, 6.45) is 4.02. The summed E-state index contributed by atoms with van der Waals surface area (Å²) in [5.41, 5.74) is 3.98. The molecule has 1 aromatic carbocycles. The van der Waals surface area contributed by atoms with Crippen molar-refractivity contribution in [3.05, 3.63) is 70.5 Å². The second kappa shape index (κ2) is 6.33. The van der Waals surface area contributed by atoms with Crippen molar-refractivity contribution in [3.63, 3.8) is 0 Å². The molecule has 0 aliphatic carbocycles. The molecular formula is C18H16BrN5O. The molecule has 0 amide bonds. The number of aromatic nitrogens is 5. The molecule has 6 nitrogen and oxygen atoms in total. The van der Waals surface area contributed by atoms with Gasteiger partial charge in [0.2, 0.25) is 11.7 Å². The number of hydrogen-bond acceptors (Lipinski definition) is 4. The predicted molar refractivity (Wildman–Crippen MR) is 97.6 cm³/mol. The Morgan fingerprint density at radius 1 is 1.08 bits per heavy atom. The third-order valence-corrected chi connectivity index (χ3v) is 5.22. The molecule has 126 valence electrons. The van der Waals surface area contributed by atoms with Gasteiger partial charge >= 0.3 is 0 Å². The molecule has 0 bridgehead atoms. The van der Waals surface area contributed by atoms with Crippen molar-refractivity contribution in [1.82, 2.24) is 24.5 Å². The summed E-state index contributed by atoms with van der Waals surface area (Å²) < 4.78 is 10.3. The van der Waals surface area contributed by atoms with Gasteiger partial charge in [0.15, 0.2) is 0 Å². The molecule has 0 unspecified atom stereocenters. The summed E-state index contributed by atoms with van der Waals surface area (Å²) in [5.74, 6) is 1.11. The van der Waals surface area contributed by atoms with Gasteiger partial charge in [-0.05, 0) is 66.2 Å². The first kappa shape index (κ1) is 15.8. The Morgan fingerprint density at radius 3 is 2.44 bits per heavy atom. The van der Waals surface area contributed by atoms with Gasteiger partial charge in [-0.2, -0.15) is 10.1 Å². The van der Waals surface area contributed by atoms with Gasteiger partial charge in [0.05, 0.1) is 15.9 Å². The molecule has 25 heavy (non-hydrogen) atoms. The highest BCUT2D eigenvalue weighted by Crippen LogP contribution is 2.22. The fourth-order valence-corrected chi connectivity index (χ4v) is 2.97. The van der Waals surface area contributed by atoms with E-state index in [1.165, 1.54) is 0 Å². The first-order valence-electron chi connectivity index (χ1n) is 7.87. The summed E-state index contributed by atoms with van der Waals surface area (Å²) in [6.45, 7) is 4.41. The Labute approximate surface area is 153 Å². The van der Waals surface area contributed by atoms with Crippen molar-refractivity contribution in [1.29, 1.82) is 0 Å². The lowest BCUT2D eigenvalue weighted by atomic mass is 10.2. The minimum atomic E-state index is 0.451. The molecule has 3 heterocycles. The normalized spacial score (nSPS) is 11.2. The van der Waals surface area contributed by atoms with Gasteiger partial charge in [0, 0.05) is 23.6 Å². The maximum atomic E-state index is 5.39. The minimum absolute atomic E-state index is 0.451. The molecule has 0 radical (unpaired) electrons. The van der Waals surface area contributed by atoms with Crippen molar-refractivity contribution in [2.45, 2.75) is 20.4 Å². The van der Waals surface area contributed by atoms with Crippen molar-refractivity contribution >= 4 is 15.9 Å². The summed E-state index contributed by atoms with van der Waals surface area (Å²) in [5, 5.41) is 8.55. The molecule has 0 fully saturated rings. The van der Waals surface area contributed by atoms with Crippen molar-refractivity contribution < 1.29 is 4.52 Å². The quantitative estimate of drug-likeness (QED) is 0.518. The summed E-state index contributed by atoms with van der Waals surface area (Å²) in [4.78, 5) is 4.49. The fourth-order valence-electron chi connectivity index (χ4n) is 2.68. The Hall–Kier alpha value is -2.67.